The van der Waals surface area contributed by atoms with E-state index >= 15 is 0 Å². The first-order chi connectivity index (χ1) is 15.0. The molecule has 0 saturated carbocycles. The predicted octanol–water partition coefficient (Wildman–Crippen LogP) is 4.86. The Kier molecular flexibility index (Phi) is 7.37. The molecule has 1 heterocycles. The van der Waals surface area contributed by atoms with E-state index in [2.05, 4.69) is 15.9 Å². The Morgan fingerprint density at radius 3 is 2.25 bits per heavy atom. The minimum atomic E-state index is -0.730. The van der Waals surface area contributed by atoms with Crippen LogP contribution < -0.4 is 10.2 Å². The highest BCUT2D eigenvalue weighted by Gasteiger charge is 2.52. The van der Waals surface area contributed by atoms with Crippen molar-refractivity contribution in [1.29, 1.82) is 0 Å². The zero-order valence-electron chi connectivity index (χ0n) is 19.4. The van der Waals surface area contributed by atoms with Gasteiger partial charge in [0.05, 0.1) is 31.0 Å². The number of ether oxygens (including phenoxy) is 2. The molecule has 0 N–H and O–H groups in total. The van der Waals surface area contributed by atoms with Crippen LogP contribution in [0.2, 0.25) is 0 Å². The van der Waals surface area contributed by atoms with Crippen molar-refractivity contribution in [1.82, 2.24) is 0 Å². The molecule has 0 bridgehead atoms. The molecule has 2 aromatic rings. The van der Waals surface area contributed by atoms with Crippen molar-refractivity contribution >= 4 is 34.5 Å². The number of benzene rings is 2. The highest BCUT2D eigenvalue weighted by molar-refractivity contribution is 9.10. The van der Waals surface area contributed by atoms with E-state index in [1.165, 1.54) is 19.2 Å². The van der Waals surface area contributed by atoms with Gasteiger partial charge in [-0.05, 0) is 93.9 Å². The number of hydrogen-bond acceptors (Lipinski definition) is 5. The van der Waals surface area contributed by atoms with Gasteiger partial charge in [0, 0.05) is 4.47 Å². The summed E-state index contributed by atoms with van der Waals surface area (Å²) in [6, 6.07) is 8.73. The number of rotatable bonds is 7. The minimum absolute atomic E-state index is 0.128. The highest BCUT2D eigenvalue weighted by atomic mass is 79.9. The molecule has 0 aromatic heterocycles. The molecule has 172 valence electrons. The Hall–Kier alpha value is -1.90. The number of carbonyl (C=O) groups is 1. The smallest absolute Gasteiger partial charge is 0.495 e. The van der Waals surface area contributed by atoms with E-state index in [9.17, 15) is 9.18 Å². The maximum Gasteiger partial charge on any atom is 0.495 e. The molecule has 0 radical (unpaired) electrons. The van der Waals surface area contributed by atoms with Crippen molar-refractivity contribution in [2.45, 2.75) is 58.2 Å². The monoisotopic (exact) mass is 506 g/mol. The van der Waals surface area contributed by atoms with Crippen LogP contribution in [0.5, 0.6) is 5.75 Å². The van der Waals surface area contributed by atoms with Gasteiger partial charge in [-0.25, -0.2) is 9.18 Å². The SMILES string of the molecule is COC(=O)c1cc(B2OC(C)(C)C(C)(C)O2)c(CCCc2cc(OC)ccc2Br)cc1F. The van der Waals surface area contributed by atoms with Crippen molar-refractivity contribution in [2.24, 2.45) is 0 Å². The van der Waals surface area contributed by atoms with E-state index in [0.717, 1.165) is 34.2 Å². The van der Waals surface area contributed by atoms with Crippen molar-refractivity contribution < 1.29 is 28.0 Å². The van der Waals surface area contributed by atoms with Crippen molar-refractivity contribution in [2.75, 3.05) is 14.2 Å². The van der Waals surface area contributed by atoms with E-state index < -0.39 is 30.1 Å². The molecule has 0 amide bonds. The van der Waals surface area contributed by atoms with Crippen molar-refractivity contribution in [3.05, 3.63) is 57.3 Å². The van der Waals surface area contributed by atoms with Crippen LogP contribution in [-0.4, -0.2) is 38.5 Å². The first-order valence-corrected chi connectivity index (χ1v) is 11.4. The molecule has 1 aliphatic heterocycles. The summed E-state index contributed by atoms with van der Waals surface area (Å²) >= 11 is 3.58. The fraction of sp³-hybridized carbons (Fsp3) is 0.458. The molecule has 0 atom stereocenters. The Morgan fingerprint density at radius 1 is 1.03 bits per heavy atom. The lowest BCUT2D eigenvalue weighted by atomic mass is 9.74. The summed E-state index contributed by atoms with van der Waals surface area (Å²) in [6.45, 7) is 7.82. The third-order valence-corrected chi connectivity index (χ3v) is 7.06. The molecule has 0 spiro atoms. The van der Waals surface area contributed by atoms with E-state index in [-0.39, 0.29) is 5.56 Å². The Labute approximate surface area is 197 Å². The van der Waals surface area contributed by atoms with Crippen LogP contribution in [0.25, 0.3) is 0 Å². The third kappa shape index (κ3) is 5.02. The van der Waals surface area contributed by atoms with Crippen LogP contribution in [-0.2, 0) is 26.9 Å². The molecule has 1 fully saturated rings. The molecule has 1 saturated heterocycles. The average Bonchev–Trinajstić information content (AvgIpc) is 2.95. The first kappa shape index (κ1) is 24.7. The van der Waals surface area contributed by atoms with E-state index in [0.29, 0.717) is 11.9 Å². The summed E-state index contributed by atoms with van der Waals surface area (Å²) < 4.78 is 38.2. The Balaban J connectivity index is 1.89. The minimum Gasteiger partial charge on any atom is -0.497 e. The highest BCUT2D eigenvalue weighted by Crippen LogP contribution is 2.37. The zero-order valence-corrected chi connectivity index (χ0v) is 21.0. The standard InChI is InChI=1S/C24H29BBrFO5/c1-23(2)24(3,4)32-25(31-23)19-14-18(22(28)30-6)21(27)13-15(19)8-7-9-16-12-17(29-5)10-11-20(16)26/h10-14H,7-9H2,1-6H3. The Morgan fingerprint density at radius 2 is 1.66 bits per heavy atom. The zero-order chi connectivity index (χ0) is 23.7. The molecule has 3 rings (SSSR count). The van der Waals surface area contributed by atoms with Crippen LogP contribution >= 0.6 is 15.9 Å². The normalized spacial score (nSPS) is 16.8. The number of esters is 1. The van der Waals surface area contributed by atoms with Gasteiger partial charge in [-0.15, -0.1) is 0 Å². The van der Waals surface area contributed by atoms with Gasteiger partial charge in [0.25, 0.3) is 0 Å². The van der Waals surface area contributed by atoms with Gasteiger partial charge in [-0.1, -0.05) is 15.9 Å². The lowest BCUT2D eigenvalue weighted by molar-refractivity contribution is 0.00578. The number of methoxy groups -OCH3 is 2. The van der Waals surface area contributed by atoms with E-state index in [1.807, 2.05) is 45.9 Å². The lowest BCUT2D eigenvalue weighted by Gasteiger charge is -2.32. The fourth-order valence-corrected chi connectivity index (χ4v) is 4.09. The second kappa shape index (κ2) is 9.53. The molecule has 2 aromatic carbocycles. The summed E-state index contributed by atoms with van der Waals surface area (Å²) in [6.07, 6.45) is 2.11. The molecule has 32 heavy (non-hydrogen) atoms. The number of halogens is 2. The van der Waals surface area contributed by atoms with Crippen LogP contribution in [0.4, 0.5) is 4.39 Å². The second-order valence-electron chi connectivity index (χ2n) is 8.92. The van der Waals surface area contributed by atoms with Crippen LogP contribution in [0.3, 0.4) is 0 Å². The van der Waals surface area contributed by atoms with Gasteiger partial charge in [0.2, 0.25) is 0 Å². The van der Waals surface area contributed by atoms with Crippen LogP contribution in [0.1, 0.15) is 55.6 Å². The average molecular weight is 507 g/mol. The van der Waals surface area contributed by atoms with E-state index in [1.54, 1.807) is 7.11 Å². The quantitative estimate of drug-likeness (QED) is 0.396. The maximum atomic E-state index is 14.8. The lowest BCUT2D eigenvalue weighted by Crippen LogP contribution is -2.41. The summed E-state index contributed by atoms with van der Waals surface area (Å²) in [5, 5.41) is 0. The maximum absolute atomic E-state index is 14.8. The van der Waals surface area contributed by atoms with Gasteiger partial charge >= 0.3 is 13.1 Å². The molecule has 0 unspecified atom stereocenters. The summed E-state index contributed by atoms with van der Waals surface area (Å²) in [5.41, 5.74) is 1.26. The topological polar surface area (TPSA) is 54.0 Å². The second-order valence-corrected chi connectivity index (χ2v) is 9.78. The molecule has 1 aliphatic rings. The van der Waals surface area contributed by atoms with Gasteiger partial charge in [0.1, 0.15) is 11.6 Å². The van der Waals surface area contributed by atoms with Crippen molar-refractivity contribution in [3.63, 3.8) is 0 Å². The van der Waals surface area contributed by atoms with E-state index in [4.69, 9.17) is 18.8 Å². The van der Waals surface area contributed by atoms with Crippen molar-refractivity contribution in [3.8, 4) is 5.75 Å². The molecule has 0 aliphatic carbocycles. The summed E-state index contributed by atoms with van der Waals surface area (Å²) in [4.78, 5) is 12.1. The first-order valence-electron chi connectivity index (χ1n) is 10.6. The fourth-order valence-electron chi connectivity index (χ4n) is 3.64. The number of hydrogen-bond donors (Lipinski definition) is 0. The number of aryl methyl sites for hydroxylation is 2. The third-order valence-electron chi connectivity index (χ3n) is 6.29. The molecule has 5 nitrogen and oxygen atoms in total. The van der Waals surface area contributed by atoms with Gasteiger partial charge in [-0.3, -0.25) is 0 Å². The molecular weight excluding hydrogens is 478 g/mol. The number of carbonyl (C=O) groups excluding carboxylic acids is 1. The van der Waals surface area contributed by atoms with Gasteiger partial charge in [0.15, 0.2) is 0 Å². The van der Waals surface area contributed by atoms with Crippen LogP contribution in [0.15, 0.2) is 34.8 Å². The van der Waals surface area contributed by atoms with Gasteiger partial charge < -0.3 is 18.8 Å². The summed E-state index contributed by atoms with van der Waals surface area (Å²) in [5.74, 6) is -0.559. The largest absolute Gasteiger partial charge is 0.497 e. The molecular formula is C24H29BBrFO5. The summed E-state index contributed by atoms with van der Waals surface area (Å²) in [7, 11) is 2.16. The van der Waals surface area contributed by atoms with Gasteiger partial charge in [-0.2, -0.15) is 0 Å². The Bertz CT molecular complexity index is 992. The molecule has 8 heteroatoms. The van der Waals surface area contributed by atoms with Crippen LogP contribution in [0, 0.1) is 5.82 Å². The predicted molar refractivity (Wildman–Crippen MR) is 126 cm³/mol.